The molecule has 0 aliphatic heterocycles. The van der Waals surface area contributed by atoms with Crippen molar-refractivity contribution < 1.29 is 20.1 Å². The van der Waals surface area contributed by atoms with E-state index in [1.807, 2.05) is 36.4 Å². The first-order valence-electron chi connectivity index (χ1n) is 11.4. The van der Waals surface area contributed by atoms with E-state index in [4.69, 9.17) is 4.74 Å². The molecule has 0 atom stereocenters. The van der Waals surface area contributed by atoms with Gasteiger partial charge in [-0.1, -0.05) is 50.6 Å². The zero-order valence-electron chi connectivity index (χ0n) is 19.2. The first-order valence-corrected chi connectivity index (χ1v) is 11.4. The van der Waals surface area contributed by atoms with E-state index < -0.39 is 5.60 Å². The van der Waals surface area contributed by atoms with Gasteiger partial charge in [0.15, 0.2) is 0 Å². The highest BCUT2D eigenvalue weighted by atomic mass is 16.5. The topological polar surface area (TPSA) is 69.9 Å². The maximum atomic E-state index is 10.4. The molecule has 0 heterocycles. The smallest absolute Gasteiger partial charge is 0.120 e. The number of rotatable bonds is 13. The molecule has 0 saturated carbocycles. The maximum absolute atomic E-state index is 10.4. The van der Waals surface area contributed by atoms with Gasteiger partial charge in [-0.2, -0.15) is 0 Å². The lowest BCUT2D eigenvalue weighted by Gasteiger charge is -2.24. The van der Waals surface area contributed by atoms with Crippen LogP contribution in [0.3, 0.4) is 0 Å². The molecular weight excluding hydrogens is 388 g/mol. The van der Waals surface area contributed by atoms with Gasteiger partial charge in [-0.25, -0.2) is 0 Å². The van der Waals surface area contributed by atoms with Crippen LogP contribution in [0.4, 0.5) is 0 Å². The largest absolute Gasteiger partial charge is 0.489 e. The first kappa shape index (κ1) is 25.1. The molecule has 170 valence electrons. The van der Waals surface area contributed by atoms with Crippen molar-refractivity contribution in [3.05, 3.63) is 70.8 Å². The van der Waals surface area contributed by atoms with E-state index in [1.54, 1.807) is 0 Å². The summed E-state index contributed by atoms with van der Waals surface area (Å²) in [6, 6.07) is 13.7. The Kier molecular flexibility index (Phi) is 10.3. The summed E-state index contributed by atoms with van der Waals surface area (Å²) in [5.41, 5.74) is 4.29. The number of allylic oxidation sites excluding steroid dienone is 2. The summed E-state index contributed by atoms with van der Waals surface area (Å²) in [4.78, 5) is 0. The van der Waals surface area contributed by atoms with Crippen molar-refractivity contribution in [2.24, 2.45) is 0 Å². The monoisotopic (exact) mass is 426 g/mol. The van der Waals surface area contributed by atoms with Crippen LogP contribution in [-0.4, -0.2) is 20.9 Å². The molecule has 0 bridgehead atoms. The third-order valence-corrected chi connectivity index (χ3v) is 6.17. The zero-order chi connectivity index (χ0) is 22.7. The summed E-state index contributed by atoms with van der Waals surface area (Å²) in [6.07, 6.45) is 7.88. The summed E-state index contributed by atoms with van der Waals surface area (Å²) < 4.78 is 5.96. The van der Waals surface area contributed by atoms with E-state index in [2.05, 4.69) is 32.9 Å². The van der Waals surface area contributed by atoms with Gasteiger partial charge in [0.1, 0.15) is 12.4 Å². The van der Waals surface area contributed by atoms with Crippen molar-refractivity contribution >= 4 is 5.57 Å². The normalized spacial score (nSPS) is 12.3. The summed E-state index contributed by atoms with van der Waals surface area (Å²) >= 11 is 0. The quantitative estimate of drug-likeness (QED) is 0.356. The predicted octanol–water partition coefficient (Wildman–Crippen LogP) is 5.77. The zero-order valence-corrected chi connectivity index (χ0v) is 19.2. The lowest BCUT2D eigenvalue weighted by Crippen LogP contribution is -2.26. The lowest BCUT2D eigenvalue weighted by molar-refractivity contribution is 0.0213. The average molecular weight is 427 g/mol. The number of unbranched alkanes of at least 4 members (excludes halogenated alkanes) is 2. The SMILES string of the molecule is CCC(O)(CC)CCCC/C=C(/C)c1cccc(OCc2ccc(CO)c(CO)c2)c1. The summed E-state index contributed by atoms with van der Waals surface area (Å²) in [5.74, 6) is 0.804. The van der Waals surface area contributed by atoms with Crippen molar-refractivity contribution in [2.45, 2.75) is 84.7 Å². The summed E-state index contributed by atoms with van der Waals surface area (Å²) in [7, 11) is 0. The maximum Gasteiger partial charge on any atom is 0.120 e. The highest BCUT2D eigenvalue weighted by Crippen LogP contribution is 2.24. The lowest BCUT2D eigenvalue weighted by atomic mass is 9.91. The van der Waals surface area contributed by atoms with Gasteiger partial charge in [0.2, 0.25) is 0 Å². The van der Waals surface area contributed by atoms with Crippen molar-refractivity contribution in [1.82, 2.24) is 0 Å². The van der Waals surface area contributed by atoms with Gasteiger partial charge in [0, 0.05) is 0 Å². The molecule has 2 aromatic rings. The second-order valence-corrected chi connectivity index (χ2v) is 8.30. The van der Waals surface area contributed by atoms with E-state index in [0.717, 1.165) is 66.5 Å². The number of aliphatic hydroxyl groups excluding tert-OH is 2. The Morgan fingerprint density at radius 2 is 1.71 bits per heavy atom. The molecule has 31 heavy (non-hydrogen) atoms. The number of benzene rings is 2. The molecule has 0 unspecified atom stereocenters. The van der Waals surface area contributed by atoms with Crippen LogP contribution in [0.1, 0.15) is 81.5 Å². The molecule has 0 spiro atoms. The molecular formula is C27H38O4. The van der Waals surface area contributed by atoms with Gasteiger partial charge >= 0.3 is 0 Å². The van der Waals surface area contributed by atoms with Crippen molar-refractivity contribution in [1.29, 1.82) is 0 Å². The fourth-order valence-corrected chi connectivity index (χ4v) is 3.71. The van der Waals surface area contributed by atoms with Crippen LogP contribution in [0.5, 0.6) is 5.75 Å². The molecule has 0 radical (unpaired) electrons. The number of aliphatic hydroxyl groups is 3. The van der Waals surface area contributed by atoms with Crippen molar-refractivity contribution in [3.63, 3.8) is 0 Å². The van der Waals surface area contributed by atoms with Gasteiger partial charge < -0.3 is 20.1 Å². The van der Waals surface area contributed by atoms with E-state index in [1.165, 1.54) is 5.57 Å². The molecule has 4 nitrogen and oxygen atoms in total. The Morgan fingerprint density at radius 1 is 0.968 bits per heavy atom. The Bertz CT molecular complexity index is 837. The second-order valence-electron chi connectivity index (χ2n) is 8.30. The van der Waals surface area contributed by atoms with Crippen LogP contribution in [-0.2, 0) is 19.8 Å². The Morgan fingerprint density at radius 3 is 2.39 bits per heavy atom. The van der Waals surface area contributed by atoms with Gasteiger partial charge in [-0.05, 0) is 85.1 Å². The predicted molar refractivity (Wildman–Crippen MR) is 127 cm³/mol. The van der Waals surface area contributed by atoms with Crippen LogP contribution in [0, 0.1) is 0 Å². The average Bonchev–Trinajstić information content (AvgIpc) is 2.82. The van der Waals surface area contributed by atoms with Crippen LogP contribution in [0.25, 0.3) is 5.57 Å². The van der Waals surface area contributed by atoms with Gasteiger partial charge in [0.25, 0.3) is 0 Å². The van der Waals surface area contributed by atoms with Crippen LogP contribution in [0.15, 0.2) is 48.5 Å². The molecule has 0 aromatic heterocycles. The van der Waals surface area contributed by atoms with Crippen molar-refractivity contribution in [3.8, 4) is 5.75 Å². The molecule has 4 heteroatoms. The molecule has 0 saturated heterocycles. The summed E-state index contributed by atoms with van der Waals surface area (Å²) in [5, 5.41) is 29.2. The van der Waals surface area contributed by atoms with Crippen LogP contribution in [0.2, 0.25) is 0 Å². The summed E-state index contributed by atoms with van der Waals surface area (Å²) in [6.45, 7) is 6.45. The fraction of sp³-hybridized carbons (Fsp3) is 0.481. The van der Waals surface area contributed by atoms with E-state index in [-0.39, 0.29) is 13.2 Å². The van der Waals surface area contributed by atoms with E-state index in [0.29, 0.717) is 6.61 Å². The van der Waals surface area contributed by atoms with Crippen LogP contribution >= 0.6 is 0 Å². The minimum absolute atomic E-state index is 0.0806. The molecule has 0 fully saturated rings. The number of ether oxygens (including phenoxy) is 1. The molecule has 0 aliphatic carbocycles. The van der Waals surface area contributed by atoms with Crippen molar-refractivity contribution in [2.75, 3.05) is 0 Å². The first-order chi connectivity index (χ1) is 14.9. The Balaban J connectivity index is 1.90. The van der Waals surface area contributed by atoms with E-state index in [9.17, 15) is 15.3 Å². The van der Waals surface area contributed by atoms with E-state index >= 15 is 0 Å². The molecule has 0 amide bonds. The third kappa shape index (κ3) is 7.80. The highest BCUT2D eigenvalue weighted by molar-refractivity contribution is 5.64. The minimum atomic E-state index is -0.499. The minimum Gasteiger partial charge on any atom is -0.489 e. The molecule has 0 aliphatic rings. The third-order valence-electron chi connectivity index (χ3n) is 6.17. The molecule has 2 rings (SSSR count). The van der Waals surface area contributed by atoms with Crippen LogP contribution < -0.4 is 4.74 Å². The second kappa shape index (κ2) is 12.7. The Hall–Kier alpha value is -2.14. The standard InChI is InChI=1S/C27H38O4/c1-4-27(30,5-2)15-8-6-7-10-21(3)23-11-9-12-26(17-23)31-20-22-13-14-24(18-28)25(16-22)19-29/h9-14,16-17,28-30H,4-8,15,18-20H2,1-3H3/b21-10-. The highest BCUT2D eigenvalue weighted by Gasteiger charge is 2.20. The number of hydrogen-bond donors (Lipinski definition) is 3. The molecule has 2 aromatic carbocycles. The van der Waals surface area contributed by atoms with Gasteiger partial charge in [-0.15, -0.1) is 0 Å². The molecule has 3 N–H and O–H groups in total. The Labute approximate surface area is 187 Å². The number of hydrogen-bond acceptors (Lipinski definition) is 4. The van der Waals surface area contributed by atoms with Gasteiger partial charge in [0.05, 0.1) is 18.8 Å². The fourth-order valence-electron chi connectivity index (χ4n) is 3.71. The van der Waals surface area contributed by atoms with Gasteiger partial charge in [-0.3, -0.25) is 0 Å².